The average Bonchev–Trinajstić information content (AvgIpc) is 2.81. The molecule has 76 valence electrons. The Hall–Kier alpha value is -1.95. The minimum Gasteiger partial charge on any atom is -0.455 e. The van der Waals surface area contributed by atoms with Gasteiger partial charge in [0.05, 0.1) is 12.0 Å². The first-order valence-corrected chi connectivity index (χ1v) is 4.77. The van der Waals surface area contributed by atoms with Gasteiger partial charge in [0.1, 0.15) is 12.5 Å². The molecule has 15 heavy (non-hydrogen) atoms. The van der Waals surface area contributed by atoms with Crippen LogP contribution < -0.4 is 0 Å². The van der Waals surface area contributed by atoms with Crippen LogP contribution in [0.2, 0.25) is 0 Å². The topological polar surface area (TPSA) is 42.2 Å². The van der Waals surface area contributed by atoms with Gasteiger partial charge in [-0.1, -0.05) is 24.3 Å². The largest absolute Gasteiger partial charge is 0.455 e. The van der Waals surface area contributed by atoms with Crippen LogP contribution in [-0.4, -0.2) is 0 Å². The lowest BCUT2D eigenvalue weighted by atomic mass is 9.96. The Kier molecular flexibility index (Phi) is 2.59. The van der Waals surface area contributed by atoms with Crippen molar-refractivity contribution in [2.45, 2.75) is 19.1 Å². The maximum atomic E-state index is 8.91. The van der Waals surface area contributed by atoms with Crippen molar-refractivity contribution in [1.82, 2.24) is 0 Å². The molecule has 3 nitrogen and oxygen atoms in total. The third-order valence-electron chi connectivity index (χ3n) is 2.37. The summed E-state index contributed by atoms with van der Waals surface area (Å²) in [4.78, 5) is 0. The van der Waals surface area contributed by atoms with Gasteiger partial charge in [0.2, 0.25) is 0 Å². The van der Waals surface area contributed by atoms with E-state index in [9.17, 15) is 0 Å². The molecule has 1 aromatic carbocycles. The number of hydrogen-bond donors (Lipinski definition) is 0. The molecular weight excluding hydrogens is 190 g/mol. The molecule has 1 aromatic rings. The van der Waals surface area contributed by atoms with Crippen LogP contribution in [0.15, 0.2) is 36.8 Å². The van der Waals surface area contributed by atoms with Crippen LogP contribution in [0.4, 0.5) is 0 Å². The average molecular weight is 201 g/mol. The van der Waals surface area contributed by atoms with Gasteiger partial charge in [-0.15, -0.1) is 0 Å². The van der Waals surface area contributed by atoms with Gasteiger partial charge in [-0.2, -0.15) is 5.26 Å². The van der Waals surface area contributed by atoms with Gasteiger partial charge in [0, 0.05) is 5.56 Å². The lowest BCUT2D eigenvalue weighted by Gasteiger charge is -2.15. The standard InChI is InChI=1S/C12H11NO2/c1-9(8-13)10-4-2-3-5-11(10)12-14-6-7-15-12/h2-7,9,12H,1H3. The van der Waals surface area contributed by atoms with E-state index >= 15 is 0 Å². The summed E-state index contributed by atoms with van der Waals surface area (Å²) in [7, 11) is 0. The second-order valence-corrected chi connectivity index (χ2v) is 3.36. The molecule has 0 saturated carbocycles. The highest BCUT2D eigenvalue weighted by molar-refractivity contribution is 5.34. The van der Waals surface area contributed by atoms with Gasteiger partial charge < -0.3 is 9.47 Å². The summed E-state index contributed by atoms with van der Waals surface area (Å²) in [6.45, 7) is 1.86. The normalized spacial score (nSPS) is 16.5. The monoisotopic (exact) mass is 201 g/mol. The number of hydrogen-bond acceptors (Lipinski definition) is 3. The Morgan fingerprint density at radius 3 is 2.60 bits per heavy atom. The summed E-state index contributed by atoms with van der Waals surface area (Å²) in [5.41, 5.74) is 1.87. The van der Waals surface area contributed by atoms with E-state index in [1.807, 2.05) is 31.2 Å². The Morgan fingerprint density at radius 1 is 1.27 bits per heavy atom. The summed E-state index contributed by atoms with van der Waals surface area (Å²) in [6, 6.07) is 9.88. The number of benzene rings is 1. The van der Waals surface area contributed by atoms with Gasteiger partial charge in [-0.3, -0.25) is 0 Å². The number of nitriles is 1. The van der Waals surface area contributed by atoms with Crippen LogP contribution in [0.1, 0.15) is 30.3 Å². The molecule has 0 aliphatic carbocycles. The zero-order valence-electron chi connectivity index (χ0n) is 8.38. The predicted molar refractivity (Wildman–Crippen MR) is 54.5 cm³/mol. The molecule has 0 amide bonds. The van der Waals surface area contributed by atoms with Crippen molar-refractivity contribution in [3.05, 3.63) is 47.9 Å². The highest BCUT2D eigenvalue weighted by Crippen LogP contribution is 2.30. The highest BCUT2D eigenvalue weighted by Gasteiger charge is 2.21. The van der Waals surface area contributed by atoms with E-state index in [4.69, 9.17) is 14.7 Å². The second-order valence-electron chi connectivity index (χ2n) is 3.36. The Morgan fingerprint density at radius 2 is 1.93 bits per heavy atom. The summed E-state index contributed by atoms with van der Waals surface area (Å²) < 4.78 is 10.5. The molecule has 0 radical (unpaired) electrons. The summed E-state index contributed by atoms with van der Waals surface area (Å²) in [5, 5.41) is 8.91. The quantitative estimate of drug-likeness (QED) is 0.738. The molecule has 1 aliphatic heterocycles. The Bertz CT molecular complexity index is 412. The molecular formula is C12H11NO2. The van der Waals surface area contributed by atoms with E-state index in [0.717, 1.165) is 11.1 Å². The maximum Gasteiger partial charge on any atom is 0.266 e. The van der Waals surface area contributed by atoms with E-state index in [1.54, 1.807) is 0 Å². The third-order valence-corrected chi connectivity index (χ3v) is 2.37. The molecule has 0 spiro atoms. The first-order chi connectivity index (χ1) is 7.33. The molecule has 1 atom stereocenters. The number of rotatable bonds is 2. The molecule has 1 heterocycles. The molecule has 2 rings (SSSR count). The van der Waals surface area contributed by atoms with Gasteiger partial charge >= 0.3 is 0 Å². The van der Waals surface area contributed by atoms with Gasteiger partial charge in [-0.25, -0.2) is 0 Å². The fourth-order valence-electron chi connectivity index (χ4n) is 1.57. The van der Waals surface area contributed by atoms with Crippen LogP contribution in [0.5, 0.6) is 0 Å². The molecule has 1 aliphatic rings. The summed E-state index contributed by atoms with van der Waals surface area (Å²) >= 11 is 0. The van der Waals surface area contributed by atoms with Crippen LogP contribution in [0.3, 0.4) is 0 Å². The van der Waals surface area contributed by atoms with E-state index < -0.39 is 6.29 Å². The molecule has 0 bridgehead atoms. The maximum absolute atomic E-state index is 8.91. The highest BCUT2D eigenvalue weighted by atomic mass is 16.7. The summed E-state index contributed by atoms with van der Waals surface area (Å²) in [5.74, 6) is -0.158. The minimum absolute atomic E-state index is 0.158. The SMILES string of the molecule is CC(C#N)c1ccccc1C1OC=CO1. The van der Waals surface area contributed by atoms with Gasteiger partial charge in [0.15, 0.2) is 0 Å². The zero-order chi connectivity index (χ0) is 10.7. The fraction of sp³-hybridized carbons (Fsp3) is 0.250. The first kappa shape index (κ1) is 9.60. The van der Waals surface area contributed by atoms with E-state index in [0.29, 0.717) is 0 Å². The van der Waals surface area contributed by atoms with Crippen molar-refractivity contribution in [1.29, 1.82) is 5.26 Å². The van der Waals surface area contributed by atoms with Crippen molar-refractivity contribution in [2.24, 2.45) is 0 Å². The Labute approximate surface area is 88.5 Å². The third kappa shape index (κ3) is 1.79. The van der Waals surface area contributed by atoms with Crippen molar-refractivity contribution in [3.8, 4) is 6.07 Å². The van der Waals surface area contributed by atoms with Crippen LogP contribution in [0.25, 0.3) is 0 Å². The number of nitrogens with zero attached hydrogens (tertiary/aromatic N) is 1. The van der Waals surface area contributed by atoms with Crippen molar-refractivity contribution in [2.75, 3.05) is 0 Å². The molecule has 0 N–H and O–H groups in total. The van der Waals surface area contributed by atoms with Crippen molar-refractivity contribution >= 4 is 0 Å². The van der Waals surface area contributed by atoms with Crippen LogP contribution >= 0.6 is 0 Å². The Balaban J connectivity index is 2.34. The van der Waals surface area contributed by atoms with Crippen molar-refractivity contribution in [3.63, 3.8) is 0 Å². The predicted octanol–water partition coefficient (Wildman–Crippen LogP) is 2.83. The molecule has 1 unspecified atom stereocenters. The lowest BCUT2D eigenvalue weighted by Crippen LogP contribution is -2.04. The first-order valence-electron chi connectivity index (χ1n) is 4.77. The minimum atomic E-state index is -0.406. The van der Waals surface area contributed by atoms with Crippen LogP contribution in [-0.2, 0) is 9.47 Å². The van der Waals surface area contributed by atoms with Crippen LogP contribution in [0, 0.1) is 11.3 Å². The molecule has 0 aromatic heterocycles. The van der Waals surface area contributed by atoms with E-state index in [2.05, 4.69) is 6.07 Å². The van der Waals surface area contributed by atoms with E-state index in [-0.39, 0.29) is 5.92 Å². The number of ether oxygens (including phenoxy) is 2. The summed E-state index contributed by atoms with van der Waals surface area (Å²) in [6.07, 6.45) is 2.62. The van der Waals surface area contributed by atoms with Crippen molar-refractivity contribution < 1.29 is 9.47 Å². The fourth-order valence-corrected chi connectivity index (χ4v) is 1.57. The zero-order valence-corrected chi connectivity index (χ0v) is 8.38. The van der Waals surface area contributed by atoms with Gasteiger partial charge in [0.25, 0.3) is 6.29 Å². The second kappa shape index (κ2) is 4.05. The van der Waals surface area contributed by atoms with E-state index in [1.165, 1.54) is 12.5 Å². The smallest absolute Gasteiger partial charge is 0.266 e. The van der Waals surface area contributed by atoms with Gasteiger partial charge in [-0.05, 0) is 12.5 Å². The lowest BCUT2D eigenvalue weighted by molar-refractivity contribution is -0.0253. The molecule has 3 heteroatoms. The molecule has 0 saturated heterocycles. The molecule has 0 fully saturated rings.